The molecule has 0 aliphatic heterocycles. The monoisotopic (exact) mass is 246 g/mol. The van der Waals surface area contributed by atoms with Gasteiger partial charge in [-0.15, -0.1) is 0 Å². The fraction of sp³-hybridized carbons (Fsp3) is 0.200. The molecule has 0 unspecified atom stereocenters. The Morgan fingerprint density at radius 2 is 2.00 bits per heavy atom. The van der Waals surface area contributed by atoms with Gasteiger partial charge in [0, 0.05) is 12.3 Å². The molecule has 8 nitrogen and oxygen atoms in total. The number of hydrazine groups is 1. The average molecular weight is 246 g/mol. The lowest BCUT2D eigenvalue weighted by Gasteiger charge is -2.07. The molecule has 0 fully saturated rings. The highest BCUT2D eigenvalue weighted by atomic mass is 15.3. The molecular formula is C10H14N8. The van der Waals surface area contributed by atoms with Crippen LogP contribution in [0, 0.1) is 6.92 Å². The number of hydrogen-bond donors (Lipinski definition) is 4. The molecule has 2 aromatic rings. The predicted octanol–water partition coefficient (Wildman–Crippen LogP) is 0.0549. The van der Waals surface area contributed by atoms with Gasteiger partial charge in [-0.2, -0.15) is 9.97 Å². The van der Waals surface area contributed by atoms with Crippen molar-refractivity contribution in [2.24, 2.45) is 5.84 Å². The molecule has 0 aliphatic carbocycles. The largest absolute Gasteiger partial charge is 0.368 e. The van der Waals surface area contributed by atoms with Crippen LogP contribution in [0.5, 0.6) is 0 Å². The van der Waals surface area contributed by atoms with Crippen LogP contribution < -0.4 is 22.3 Å². The van der Waals surface area contributed by atoms with Crippen LogP contribution in [0.3, 0.4) is 0 Å². The smallest absolute Gasteiger partial charge is 0.223 e. The summed E-state index contributed by atoms with van der Waals surface area (Å²) in [5.41, 5.74) is 8.83. The summed E-state index contributed by atoms with van der Waals surface area (Å²) in [6, 6.07) is 3.48. The van der Waals surface area contributed by atoms with Gasteiger partial charge in [-0.25, -0.2) is 15.8 Å². The second-order valence-corrected chi connectivity index (χ2v) is 3.59. The van der Waals surface area contributed by atoms with Gasteiger partial charge in [0.15, 0.2) is 0 Å². The lowest BCUT2D eigenvalue weighted by molar-refractivity contribution is 0.948. The molecule has 0 amide bonds. The molecule has 18 heavy (non-hydrogen) atoms. The predicted molar refractivity (Wildman–Crippen MR) is 68.4 cm³/mol. The molecule has 6 N–H and O–H groups in total. The van der Waals surface area contributed by atoms with Crippen molar-refractivity contribution in [2.45, 2.75) is 13.5 Å². The van der Waals surface area contributed by atoms with Crippen molar-refractivity contribution in [3.8, 4) is 0 Å². The normalized spacial score (nSPS) is 10.1. The number of anilines is 3. The van der Waals surface area contributed by atoms with E-state index in [0.717, 1.165) is 11.5 Å². The molecule has 0 aromatic carbocycles. The first-order valence-corrected chi connectivity index (χ1v) is 5.31. The molecule has 0 atom stereocenters. The molecule has 0 saturated heterocycles. The third-order valence-corrected chi connectivity index (χ3v) is 2.18. The zero-order valence-corrected chi connectivity index (χ0v) is 9.88. The van der Waals surface area contributed by atoms with Gasteiger partial charge in [-0.05, 0) is 13.0 Å². The van der Waals surface area contributed by atoms with E-state index in [1.807, 2.05) is 13.0 Å². The Morgan fingerprint density at radius 3 is 2.72 bits per heavy atom. The van der Waals surface area contributed by atoms with Gasteiger partial charge < -0.3 is 16.5 Å². The van der Waals surface area contributed by atoms with E-state index in [9.17, 15) is 0 Å². The van der Waals surface area contributed by atoms with E-state index in [-0.39, 0.29) is 5.95 Å². The molecule has 0 saturated carbocycles. The maximum absolute atomic E-state index is 5.54. The van der Waals surface area contributed by atoms with E-state index in [2.05, 4.69) is 30.7 Å². The number of nitrogens with one attached hydrogen (secondary N) is 2. The van der Waals surface area contributed by atoms with E-state index in [4.69, 9.17) is 11.6 Å². The molecule has 2 aromatic heterocycles. The molecule has 8 heteroatoms. The summed E-state index contributed by atoms with van der Waals surface area (Å²) in [5.74, 6) is 7.16. The first-order chi connectivity index (χ1) is 8.67. The second kappa shape index (κ2) is 5.23. The Kier molecular flexibility index (Phi) is 3.49. The Bertz CT molecular complexity index is 541. The van der Waals surface area contributed by atoms with Crippen molar-refractivity contribution >= 4 is 17.6 Å². The van der Waals surface area contributed by atoms with Crippen molar-refractivity contribution < 1.29 is 0 Å². The Hall–Kier alpha value is -2.48. The van der Waals surface area contributed by atoms with Gasteiger partial charge in [-0.3, -0.25) is 0 Å². The van der Waals surface area contributed by atoms with Crippen LogP contribution >= 0.6 is 0 Å². The van der Waals surface area contributed by atoms with Crippen LogP contribution in [-0.2, 0) is 6.54 Å². The quantitative estimate of drug-likeness (QED) is 0.440. The third-order valence-electron chi connectivity index (χ3n) is 2.18. The van der Waals surface area contributed by atoms with Crippen molar-refractivity contribution in [1.82, 2.24) is 19.9 Å². The second-order valence-electron chi connectivity index (χ2n) is 3.59. The zero-order chi connectivity index (χ0) is 13.0. The number of nitrogens with zero attached hydrogens (tertiary/aromatic N) is 4. The van der Waals surface area contributed by atoms with E-state index < -0.39 is 0 Å². The standard InChI is InChI=1S/C10H14N8/c1-6-13-3-2-7(15-6)5-14-8-4-9(18-12)17-10(11)16-8/h2-4H,5,12H2,1H3,(H4,11,14,16,17,18). The molecule has 0 bridgehead atoms. The van der Waals surface area contributed by atoms with Gasteiger partial charge in [0.2, 0.25) is 5.95 Å². The van der Waals surface area contributed by atoms with Crippen molar-refractivity contribution in [3.05, 3.63) is 29.8 Å². The lowest BCUT2D eigenvalue weighted by atomic mass is 10.4. The van der Waals surface area contributed by atoms with E-state index >= 15 is 0 Å². The SMILES string of the molecule is Cc1nccc(CNc2cc(NN)nc(N)n2)n1. The van der Waals surface area contributed by atoms with Crippen LogP contribution in [0.4, 0.5) is 17.6 Å². The average Bonchev–Trinajstić information content (AvgIpc) is 2.36. The van der Waals surface area contributed by atoms with E-state index in [0.29, 0.717) is 18.2 Å². The highest BCUT2D eigenvalue weighted by Crippen LogP contribution is 2.12. The fourth-order valence-electron chi connectivity index (χ4n) is 1.42. The minimum absolute atomic E-state index is 0.145. The molecule has 0 spiro atoms. The minimum atomic E-state index is 0.145. The van der Waals surface area contributed by atoms with Crippen LogP contribution in [0.25, 0.3) is 0 Å². The van der Waals surface area contributed by atoms with Crippen LogP contribution in [0.15, 0.2) is 18.3 Å². The summed E-state index contributed by atoms with van der Waals surface area (Å²) < 4.78 is 0. The third kappa shape index (κ3) is 3.01. The Morgan fingerprint density at radius 1 is 1.22 bits per heavy atom. The van der Waals surface area contributed by atoms with E-state index in [1.54, 1.807) is 12.3 Å². The maximum atomic E-state index is 5.54. The van der Waals surface area contributed by atoms with Gasteiger partial charge >= 0.3 is 0 Å². The number of aryl methyl sites for hydroxylation is 1. The summed E-state index contributed by atoms with van der Waals surface area (Å²) in [7, 11) is 0. The van der Waals surface area contributed by atoms with Crippen molar-refractivity contribution in [1.29, 1.82) is 0 Å². The van der Waals surface area contributed by atoms with Crippen LogP contribution in [0.2, 0.25) is 0 Å². The van der Waals surface area contributed by atoms with Gasteiger partial charge in [0.1, 0.15) is 17.5 Å². The molecule has 2 rings (SSSR count). The van der Waals surface area contributed by atoms with Gasteiger partial charge in [-0.1, -0.05) is 0 Å². The summed E-state index contributed by atoms with van der Waals surface area (Å²) in [6.45, 7) is 2.35. The molecule has 94 valence electrons. The highest BCUT2D eigenvalue weighted by molar-refractivity contribution is 5.50. The van der Waals surface area contributed by atoms with Crippen LogP contribution in [-0.4, -0.2) is 19.9 Å². The fourth-order valence-corrected chi connectivity index (χ4v) is 1.42. The summed E-state index contributed by atoms with van der Waals surface area (Å²) in [5, 5.41) is 3.09. The van der Waals surface area contributed by atoms with Gasteiger partial charge in [0.25, 0.3) is 0 Å². The molecular weight excluding hydrogens is 232 g/mol. The molecule has 0 radical (unpaired) electrons. The van der Waals surface area contributed by atoms with Gasteiger partial charge in [0.05, 0.1) is 12.2 Å². The number of rotatable bonds is 4. The first-order valence-electron chi connectivity index (χ1n) is 5.31. The lowest BCUT2D eigenvalue weighted by Crippen LogP contribution is -2.12. The topological polar surface area (TPSA) is 128 Å². The van der Waals surface area contributed by atoms with Crippen molar-refractivity contribution in [2.75, 3.05) is 16.5 Å². The summed E-state index contributed by atoms with van der Waals surface area (Å²) in [4.78, 5) is 16.2. The molecule has 0 aliphatic rings. The summed E-state index contributed by atoms with van der Waals surface area (Å²) in [6.07, 6.45) is 1.71. The number of hydrogen-bond acceptors (Lipinski definition) is 8. The molecule has 2 heterocycles. The van der Waals surface area contributed by atoms with Crippen molar-refractivity contribution in [3.63, 3.8) is 0 Å². The number of nitrogen functional groups attached to an aromatic ring is 2. The number of aromatic nitrogens is 4. The Labute approximate surface area is 104 Å². The number of nitrogens with two attached hydrogens (primary N) is 2. The van der Waals surface area contributed by atoms with E-state index in [1.165, 1.54) is 0 Å². The summed E-state index contributed by atoms with van der Waals surface area (Å²) >= 11 is 0. The minimum Gasteiger partial charge on any atom is -0.368 e. The Balaban J connectivity index is 2.08. The zero-order valence-electron chi connectivity index (χ0n) is 9.88. The van der Waals surface area contributed by atoms with Crippen LogP contribution in [0.1, 0.15) is 11.5 Å². The highest BCUT2D eigenvalue weighted by Gasteiger charge is 2.02. The first kappa shape index (κ1) is 12.0. The maximum Gasteiger partial charge on any atom is 0.223 e.